The first kappa shape index (κ1) is 8.74. The predicted molar refractivity (Wildman–Crippen MR) is 52.7 cm³/mol. The molecule has 14 heavy (non-hydrogen) atoms. The highest BCUT2D eigenvalue weighted by atomic mass is 16.5. The zero-order valence-corrected chi connectivity index (χ0v) is 8.02. The Morgan fingerprint density at radius 1 is 1.57 bits per heavy atom. The minimum Gasteiger partial charge on any atom is -0.494 e. The fourth-order valence-electron chi connectivity index (χ4n) is 1.57. The first-order valence-electron chi connectivity index (χ1n) is 4.21. The Morgan fingerprint density at radius 2 is 2.36 bits per heavy atom. The van der Waals surface area contributed by atoms with Crippen molar-refractivity contribution in [1.29, 1.82) is 0 Å². The van der Waals surface area contributed by atoms with Crippen molar-refractivity contribution in [2.24, 2.45) is 7.05 Å². The van der Waals surface area contributed by atoms with Crippen LogP contribution in [0.1, 0.15) is 10.4 Å². The molecule has 72 valence electrons. The molecule has 0 aliphatic rings. The number of rotatable bonds is 2. The van der Waals surface area contributed by atoms with Crippen molar-refractivity contribution in [3.05, 3.63) is 24.0 Å². The summed E-state index contributed by atoms with van der Waals surface area (Å²) in [5.41, 5.74) is 2.11. The van der Waals surface area contributed by atoms with Crippen molar-refractivity contribution in [3.8, 4) is 5.75 Å². The number of fused-ring (bicyclic) bond motifs is 1. The van der Waals surface area contributed by atoms with Gasteiger partial charge in [-0.2, -0.15) is 0 Å². The van der Waals surface area contributed by atoms with Crippen molar-refractivity contribution >= 4 is 17.3 Å². The van der Waals surface area contributed by atoms with Crippen LogP contribution >= 0.6 is 0 Å². The third-order valence-electron chi connectivity index (χ3n) is 2.19. The Bertz CT molecular complexity index is 488. The van der Waals surface area contributed by atoms with Gasteiger partial charge in [-0.3, -0.25) is 9.78 Å². The fourth-order valence-corrected chi connectivity index (χ4v) is 1.57. The number of methoxy groups -OCH3 is 1. The zero-order chi connectivity index (χ0) is 10.1. The molecular formula is C10H10N2O2. The molecule has 0 bridgehead atoms. The van der Waals surface area contributed by atoms with Crippen LogP contribution in [-0.2, 0) is 7.05 Å². The van der Waals surface area contributed by atoms with E-state index in [0.717, 1.165) is 17.6 Å². The monoisotopic (exact) mass is 190 g/mol. The first-order chi connectivity index (χ1) is 6.77. The van der Waals surface area contributed by atoms with E-state index in [9.17, 15) is 4.79 Å². The average molecular weight is 190 g/mol. The van der Waals surface area contributed by atoms with Crippen molar-refractivity contribution in [2.75, 3.05) is 7.11 Å². The summed E-state index contributed by atoms with van der Waals surface area (Å²) in [4.78, 5) is 14.9. The van der Waals surface area contributed by atoms with Gasteiger partial charge >= 0.3 is 0 Å². The smallest absolute Gasteiger partial charge is 0.153 e. The number of aromatic nitrogens is 2. The SMILES string of the molecule is COc1ccnc2c(C=O)cn(C)c12. The third-order valence-corrected chi connectivity index (χ3v) is 2.19. The van der Waals surface area contributed by atoms with Crippen LogP contribution in [0.15, 0.2) is 18.5 Å². The van der Waals surface area contributed by atoms with E-state index < -0.39 is 0 Å². The second kappa shape index (κ2) is 3.14. The van der Waals surface area contributed by atoms with Crippen LogP contribution < -0.4 is 4.74 Å². The van der Waals surface area contributed by atoms with Gasteiger partial charge in [-0.25, -0.2) is 0 Å². The number of hydrogen-bond donors (Lipinski definition) is 0. The van der Waals surface area contributed by atoms with Crippen molar-refractivity contribution in [1.82, 2.24) is 9.55 Å². The summed E-state index contributed by atoms with van der Waals surface area (Å²) in [6.07, 6.45) is 4.18. The highest BCUT2D eigenvalue weighted by molar-refractivity contribution is 5.97. The Balaban J connectivity index is 2.87. The average Bonchev–Trinajstić information content (AvgIpc) is 2.55. The molecule has 0 unspecified atom stereocenters. The van der Waals surface area contributed by atoms with E-state index in [-0.39, 0.29) is 0 Å². The second-order valence-electron chi connectivity index (χ2n) is 3.02. The molecule has 0 atom stereocenters. The maximum absolute atomic E-state index is 10.7. The van der Waals surface area contributed by atoms with E-state index in [2.05, 4.69) is 4.98 Å². The summed E-state index contributed by atoms with van der Waals surface area (Å²) in [5, 5.41) is 0. The fraction of sp³-hybridized carbons (Fsp3) is 0.200. The summed E-state index contributed by atoms with van der Waals surface area (Å²) in [6, 6.07) is 1.77. The molecule has 4 nitrogen and oxygen atoms in total. The van der Waals surface area contributed by atoms with E-state index >= 15 is 0 Å². The lowest BCUT2D eigenvalue weighted by molar-refractivity contribution is 0.112. The van der Waals surface area contributed by atoms with Crippen LogP contribution in [0.5, 0.6) is 5.75 Å². The summed E-state index contributed by atoms with van der Waals surface area (Å²) in [5.74, 6) is 0.727. The molecular weight excluding hydrogens is 180 g/mol. The normalized spacial score (nSPS) is 10.4. The topological polar surface area (TPSA) is 44.1 Å². The molecule has 2 rings (SSSR count). The largest absolute Gasteiger partial charge is 0.494 e. The van der Waals surface area contributed by atoms with Gasteiger partial charge in [0.2, 0.25) is 0 Å². The number of carbonyl (C=O) groups is 1. The molecule has 2 aromatic heterocycles. The van der Waals surface area contributed by atoms with Gasteiger partial charge in [0.1, 0.15) is 16.8 Å². The second-order valence-corrected chi connectivity index (χ2v) is 3.02. The first-order valence-corrected chi connectivity index (χ1v) is 4.21. The standard InChI is InChI=1S/C10H10N2O2/c1-12-5-7(6-13)9-10(12)8(14-2)3-4-11-9/h3-6H,1-2H3. The van der Waals surface area contributed by atoms with Crippen LogP contribution in [-0.4, -0.2) is 22.9 Å². The Labute approximate surface area is 81.1 Å². The number of aldehydes is 1. The molecule has 0 saturated carbocycles. The highest BCUT2D eigenvalue weighted by Crippen LogP contribution is 2.25. The van der Waals surface area contributed by atoms with Gasteiger partial charge in [-0.05, 0) is 0 Å². The van der Waals surface area contributed by atoms with Crippen LogP contribution in [0, 0.1) is 0 Å². The lowest BCUT2D eigenvalue weighted by Gasteiger charge is -2.02. The summed E-state index contributed by atoms with van der Waals surface area (Å²) in [6.45, 7) is 0. The Kier molecular flexibility index (Phi) is 1.96. The van der Waals surface area contributed by atoms with Crippen molar-refractivity contribution in [3.63, 3.8) is 0 Å². The minimum atomic E-state index is 0.585. The van der Waals surface area contributed by atoms with Crippen LogP contribution in [0.25, 0.3) is 11.0 Å². The molecule has 0 saturated heterocycles. The van der Waals surface area contributed by atoms with Crippen molar-refractivity contribution < 1.29 is 9.53 Å². The molecule has 0 spiro atoms. The Morgan fingerprint density at radius 3 is 3.00 bits per heavy atom. The van der Waals surface area contributed by atoms with Gasteiger partial charge in [0.05, 0.1) is 12.7 Å². The van der Waals surface area contributed by atoms with Crippen LogP contribution in [0.3, 0.4) is 0 Å². The van der Waals surface area contributed by atoms with Gasteiger partial charge < -0.3 is 9.30 Å². The molecule has 4 heteroatoms. The maximum atomic E-state index is 10.7. The minimum absolute atomic E-state index is 0.585. The summed E-state index contributed by atoms with van der Waals surface area (Å²) < 4.78 is 7.03. The molecule has 0 radical (unpaired) electrons. The van der Waals surface area contributed by atoms with Crippen molar-refractivity contribution in [2.45, 2.75) is 0 Å². The van der Waals surface area contributed by atoms with Gasteiger partial charge in [0, 0.05) is 25.5 Å². The lowest BCUT2D eigenvalue weighted by atomic mass is 10.3. The number of nitrogens with zero attached hydrogens (tertiary/aromatic N) is 2. The summed E-state index contributed by atoms with van der Waals surface area (Å²) >= 11 is 0. The number of pyridine rings is 1. The number of ether oxygens (including phenoxy) is 1. The molecule has 0 amide bonds. The Hall–Kier alpha value is -1.84. The van der Waals surface area contributed by atoms with E-state index in [4.69, 9.17) is 4.74 Å². The van der Waals surface area contributed by atoms with Gasteiger partial charge in [-0.1, -0.05) is 0 Å². The van der Waals surface area contributed by atoms with E-state index in [0.29, 0.717) is 11.1 Å². The maximum Gasteiger partial charge on any atom is 0.153 e. The highest BCUT2D eigenvalue weighted by Gasteiger charge is 2.10. The quantitative estimate of drug-likeness (QED) is 0.672. The van der Waals surface area contributed by atoms with Gasteiger partial charge in [-0.15, -0.1) is 0 Å². The molecule has 0 N–H and O–H groups in total. The molecule has 0 aliphatic heterocycles. The van der Waals surface area contributed by atoms with E-state index in [1.807, 2.05) is 11.6 Å². The van der Waals surface area contributed by atoms with Crippen LogP contribution in [0.2, 0.25) is 0 Å². The summed E-state index contributed by atoms with van der Waals surface area (Å²) in [7, 11) is 3.46. The van der Waals surface area contributed by atoms with E-state index in [1.54, 1.807) is 25.6 Å². The third kappa shape index (κ3) is 1.08. The predicted octanol–water partition coefficient (Wildman–Crippen LogP) is 1.39. The van der Waals surface area contributed by atoms with Crippen LogP contribution in [0.4, 0.5) is 0 Å². The molecule has 0 aliphatic carbocycles. The molecule has 2 heterocycles. The lowest BCUT2D eigenvalue weighted by Crippen LogP contribution is -1.90. The molecule has 2 aromatic rings. The molecule has 0 fully saturated rings. The zero-order valence-electron chi connectivity index (χ0n) is 8.02. The number of aryl methyl sites for hydroxylation is 1. The number of hydrogen-bond acceptors (Lipinski definition) is 3. The van der Waals surface area contributed by atoms with Gasteiger partial charge in [0.15, 0.2) is 6.29 Å². The number of carbonyl (C=O) groups excluding carboxylic acids is 1. The molecule has 0 aromatic carbocycles. The van der Waals surface area contributed by atoms with Gasteiger partial charge in [0.25, 0.3) is 0 Å². The van der Waals surface area contributed by atoms with E-state index in [1.165, 1.54) is 0 Å².